The molecular formula is C26H28N4O2. The number of carbonyl (C=O) groups is 1. The summed E-state index contributed by atoms with van der Waals surface area (Å²) in [5.41, 5.74) is 8.31. The number of ether oxygens (including phenoxy) is 1. The maximum Gasteiger partial charge on any atom is 0.312 e. The average Bonchev–Trinajstić information content (AvgIpc) is 3.32. The molecule has 0 saturated carbocycles. The molecule has 0 N–H and O–H groups in total. The molecule has 6 heteroatoms. The van der Waals surface area contributed by atoms with Crippen molar-refractivity contribution in [2.75, 3.05) is 0 Å². The van der Waals surface area contributed by atoms with Crippen LogP contribution >= 0.6 is 0 Å². The van der Waals surface area contributed by atoms with E-state index in [9.17, 15) is 4.79 Å². The van der Waals surface area contributed by atoms with E-state index in [1.807, 2.05) is 25.2 Å². The molecule has 0 unspecified atom stereocenters. The SMILES string of the molecule is Cc1ccc(-c2cc(CC(=O)OCc3ccc4c(c3)nc3n4CCCC3)n(C)n2)c(C)c1. The summed E-state index contributed by atoms with van der Waals surface area (Å²) in [5.74, 6) is 0.903. The lowest BCUT2D eigenvalue weighted by Gasteiger charge is -2.13. The van der Waals surface area contributed by atoms with Gasteiger partial charge in [0.05, 0.1) is 23.1 Å². The van der Waals surface area contributed by atoms with Crippen LogP contribution in [0.1, 0.15) is 41.1 Å². The van der Waals surface area contributed by atoms with Crippen LogP contribution in [-0.2, 0) is 42.6 Å². The molecule has 1 aliphatic heterocycles. The van der Waals surface area contributed by atoms with Crippen molar-refractivity contribution in [3.8, 4) is 11.3 Å². The van der Waals surface area contributed by atoms with E-state index in [-0.39, 0.29) is 19.0 Å². The molecule has 0 atom stereocenters. The van der Waals surface area contributed by atoms with Gasteiger partial charge in [0.15, 0.2) is 0 Å². The predicted octanol–water partition coefficient (Wildman–Crippen LogP) is 4.68. The summed E-state index contributed by atoms with van der Waals surface area (Å²) < 4.78 is 9.65. The summed E-state index contributed by atoms with van der Waals surface area (Å²) in [6.07, 6.45) is 3.63. The van der Waals surface area contributed by atoms with Crippen LogP contribution in [0.25, 0.3) is 22.3 Å². The third kappa shape index (κ3) is 3.93. The second-order valence-corrected chi connectivity index (χ2v) is 8.76. The molecule has 0 fully saturated rings. The third-order valence-electron chi connectivity index (χ3n) is 6.28. The van der Waals surface area contributed by atoms with Gasteiger partial charge in [0.2, 0.25) is 0 Å². The Hall–Kier alpha value is -3.41. The number of carbonyl (C=O) groups excluding carboxylic acids is 1. The summed E-state index contributed by atoms with van der Waals surface area (Å²) in [4.78, 5) is 17.3. The fourth-order valence-electron chi connectivity index (χ4n) is 4.58. The molecule has 0 amide bonds. The minimum Gasteiger partial charge on any atom is -0.461 e. The van der Waals surface area contributed by atoms with Gasteiger partial charge in [0, 0.05) is 31.3 Å². The molecule has 5 rings (SSSR count). The number of aryl methyl sites for hydroxylation is 5. The Kier molecular flexibility index (Phi) is 5.29. The van der Waals surface area contributed by atoms with Crippen molar-refractivity contribution < 1.29 is 9.53 Å². The van der Waals surface area contributed by atoms with Crippen LogP contribution in [0.2, 0.25) is 0 Å². The highest BCUT2D eigenvalue weighted by atomic mass is 16.5. The number of hydrogen-bond donors (Lipinski definition) is 0. The molecule has 4 aromatic rings. The van der Waals surface area contributed by atoms with Gasteiger partial charge in [0.25, 0.3) is 0 Å². The first-order chi connectivity index (χ1) is 15.5. The summed E-state index contributed by atoms with van der Waals surface area (Å²) in [7, 11) is 1.87. The fraction of sp³-hybridized carbons (Fsp3) is 0.346. The van der Waals surface area contributed by atoms with Gasteiger partial charge in [0.1, 0.15) is 12.4 Å². The van der Waals surface area contributed by atoms with E-state index in [1.54, 1.807) is 4.68 Å². The van der Waals surface area contributed by atoms with Crippen molar-refractivity contribution in [1.82, 2.24) is 19.3 Å². The van der Waals surface area contributed by atoms with E-state index < -0.39 is 0 Å². The van der Waals surface area contributed by atoms with Crippen molar-refractivity contribution in [2.24, 2.45) is 7.05 Å². The molecule has 0 saturated heterocycles. The van der Waals surface area contributed by atoms with E-state index in [1.165, 1.54) is 29.5 Å². The third-order valence-corrected chi connectivity index (χ3v) is 6.28. The fourth-order valence-corrected chi connectivity index (χ4v) is 4.58. The molecule has 0 aliphatic carbocycles. The standard InChI is InChI=1S/C26H28N4O2/c1-17-7-9-21(18(2)12-17)22-14-20(29(3)28-22)15-26(31)32-16-19-8-10-24-23(13-19)27-25-6-4-5-11-30(24)25/h7-10,12-14H,4-6,11,15-16H2,1-3H3. The van der Waals surface area contributed by atoms with Gasteiger partial charge in [-0.1, -0.05) is 29.8 Å². The number of rotatable bonds is 5. The van der Waals surface area contributed by atoms with Crippen LogP contribution in [0.4, 0.5) is 0 Å². The molecule has 6 nitrogen and oxygen atoms in total. The Bertz CT molecular complexity index is 1320. The number of benzene rings is 2. The lowest BCUT2D eigenvalue weighted by atomic mass is 10.0. The minimum atomic E-state index is -0.260. The zero-order chi connectivity index (χ0) is 22.2. The lowest BCUT2D eigenvalue weighted by Crippen LogP contribution is -2.11. The van der Waals surface area contributed by atoms with Gasteiger partial charge >= 0.3 is 5.97 Å². The zero-order valence-electron chi connectivity index (χ0n) is 18.9. The van der Waals surface area contributed by atoms with Crippen molar-refractivity contribution in [3.63, 3.8) is 0 Å². The summed E-state index contributed by atoms with van der Waals surface area (Å²) in [6.45, 7) is 5.45. The second-order valence-electron chi connectivity index (χ2n) is 8.76. The Morgan fingerprint density at radius 2 is 1.97 bits per heavy atom. The highest BCUT2D eigenvalue weighted by molar-refractivity contribution is 5.77. The molecule has 2 aromatic carbocycles. The lowest BCUT2D eigenvalue weighted by molar-refractivity contribution is -0.144. The maximum absolute atomic E-state index is 12.5. The van der Waals surface area contributed by atoms with Crippen molar-refractivity contribution in [1.29, 1.82) is 0 Å². The number of fused-ring (bicyclic) bond motifs is 3. The average molecular weight is 429 g/mol. The van der Waals surface area contributed by atoms with Gasteiger partial charge in [-0.05, 0) is 56.0 Å². The number of imidazole rings is 1. The van der Waals surface area contributed by atoms with Crippen LogP contribution in [0.3, 0.4) is 0 Å². The highest BCUT2D eigenvalue weighted by Crippen LogP contribution is 2.25. The van der Waals surface area contributed by atoms with Gasteiger partial charge in [-0.25, -0.2) is 4.98 Å². The Morgan fingerprint density at radius 1 is 1.09 bits per heavy atom. The van der Waals surface area contributed by atoms with Crippen LogP contribution in [0, 0.1) is 13.8 Å². The van der Waals surface area contributed by atoms with E-state index >= 15 is 0 Å². The van der Waals surface area contributed by atoms with Crippen LogP contribution in [0.15, 0.2) is 42.5 Å². The summed E-state index contributed by atoms with van der Waals surface area (Å²) in [5, 5.41) is 4.61. The van der Waals surface area contributed by atoms with Crippen molar-refractivity contribution in [2.45, 2.75) is 52.7 Å². The van der Waals surface area contributed by atoms with E-state index in [0.717, 1.165) is 46.8 Å². The van der Waals surface area contributed by atoms with Gasteiger partial charge in [-0.3, -0.25) is 9.48 Å². The predicted molar refractivity (Wildman–Crippen MR) is 124 cm³/mol. The molecule has 2 aromatic heterocycles. The van der Waals surface area contributed by atoms with Crippen molar-refractivity contribution in [3.05, 3.63) is 70.7 Å². The van der Waals surface area contributed by atoms with Gasteiger partial charge < -0.3 is 9.30 Å². The monoisotopic (exact) mass is 428 g/mol. The second kappa shape index (κ2) is 8.26. The maximum atomic E-state index is 12.5. The molecule has 0 spiro atoms. The minimum absolute atomic E-state index is 0.190. The topological polar surface area (TPSA) is 61.9 Å². The Morgan fingerprint density at radius 3 is 2.81 bits per heavy atom. The Balaban J connectivity index is 1.26. The highest BCUT2D eigenvalue weighted by Gasteiger charge is 2.16. The quantitative estimate of drug-likeness (QED) is 0.433. The molecular weight excluding hydrogens is 400 g/mol. The molecule has 3 heterocycles. The number of nitrogens with zero attached hydrogens (tertiary/aromatic N) is 4. The zero-order valence-corrected chi connectivity index (χ0v) is 18.9. The van der Waals surface area contributed by atoms with Gasteiger partial charge in [-0.15, -0.1) is 0 Å². The first kappa shape index (κ1) is 20.5. The van der Waals surface area contributed by atoms with Crippen LogP contribution < -0.4 is 0 Å². The summed E-state index contributed by atoms with van der Waals surface area (Å²) >= 11 is 0. The normalized spacial score (nSPS) is 13.3. The number of esters is 1. The first-order valence-corrected chi connectivity index (χ1v) is 11.2. The first-order valence-electron chi connectivity index (χ1n) is 11.2. The van der Waals surface area contributed by atoms with E-state index in [0.29, 0.717) is 0 Å². The molecule has 32 heavy (non-hydrogen) atoms. The molecule has 0 bridgehead atoms. The number of aromatic nitrogens is 4. The van der Waals surface area contributed by atoms with Crippen LogP contribution in [0.5, 0.6) is 0 Å². The molecule has 0 radical (unpaired) electrons. The van der Waals surface area contributed by atoms with Gasteiger partial charge in [-0.2, -0.15) is 5.10 Å². The Labute approximate surface area is 187 Å². The smallest absolute Gasteiger partial charge is 0.312 e. The molecule has 164 valence electrons. The molecule has 1 aliphatic rings. The van der Waals surface area contributed by atoms with E-state index in [2.05, 4.69) is 47.8 Å². The summed E-state index contributed by atoms with van der Waals surface area (Å²) in [6, 6.07) is 14.4. The largest absolute Gasteiger partial charge is 0.461 e. The number of hydrogen-bond acceptors (Lipinski definition) is 4. The van der Waals surface area contributed by atoms with Crippen molar-refractivity contribution >= 4 is 17.0 Å². The van der Waals surface area contributed by atoms with Crippen LogP contribution in [-0.4, -0.2) is 25.3 Å². The van der Waals surface area contributed by atoms with E-state index in [4.69, 9.17) is 9.72 Å².